The average molecular weight is 325 g/mol. The highest BCUT2D eigenvalue weighted by atomic mass is 32.1. The Hall–Kier alpha value is -2.21. The molecule has 3 aromatic heterocycles. The molecule has 0 aliphatic heterocycles. The van der Waals surface area contributed by atoms with Crippen LogP contribution in [0, 0.1) is 0 Å². The van der Waals surface area contributed by atoms with E-state index in [1.807, 2.05) is 36.7 Å². The van der Waals surface area contributed by atoms with Crippen molar-refractivity contribution in [2.45, 2.75) is 32.1 Å². The number of fused-ring (bicyclic) bond motifs is 3. The first-order valence-electron chi connectivity index (χ1n) is 8.01. The van der Waals surface area contributed by atoms with Crippen molar-refractivity contribution >= 4 is 38.9 Å². The van der Waals surface area contributed by atoms with Crippen molar-refractivity contribution in [3.63, 3.8) is 0 Å². The maximum Gasteiger partial charge on any atom is 0.142 e. The zero-order valence-electron chi connectivity index (χ0n) is 13.1. The van der Waals surface area contributed by atoms with E-state index in [1.165, 1.54) is 41.5 Å². The highest BCUT2D eigenvalue weighted by Gasteiger charge is 2.19. The van der Waals surface area contributed by atoms with E-state index in [4.69, 9.17) is 0 Å². The highest BCUT2D eigenvalue weighted by molar-refractivity contribution is 7.18. The van der Waals surface area contributed by atoms with Gasteiger partial charge in [-0.3, -0.25) is 0 Å². The van der Waals surface area contributed by atoms with E-state index in [9.17, 15) is 0 Å². The van der Waals surface area contributed by atoms with Gasteiger partial charge >= 0.3 is 0 Å². The third-order valence-electron chi connectivity index (χ3n) is 4.28. The molecule has 0 amide bonds. The summed E-state index contributed by atoms with van der Waals surface area (Å²) in [5.74, 6) is 1.75. The minimum atomic E-state index is 0.854. The Morgan fingerprint density at radius 1 is 1.04 bits per heavy atom. The topological polar surface area (TPSA) is 62.7 Å². The molecule has 0 unspecified atom stereocenters. The van der Waals surface area contributed by atoms with E-state index in [0.717, 1.165) is 28.6 Å². The molecule has 0 saturated heterocycles. The number of pyridine rings is 1. The van der Waals surface area contributed by atoms with Gasteiger partial charge in [0.15, 0.2) is 0 Å². The first-order chi connectivity index (χ1) is 11.3. The molecule has 5 nitrogen and oxygen atoms in total. The van der Waals surface area contributed by atoms with Gasteiger partial charge in [0.2, 0.25) is 0 Å². The molecular formula is C17H19N5S. The minimum Gasteiger partial charge on any atom is -0.373 e. The van der Waals surface area contributed by atoms with E-state index in [1.54, 1.807) is 6.33 Å². The predicted octanol–water partition coefficient (Wildman–Crippen LogP) is 4.14. The second-order valence-electron chi connectivity index (χ2n) is 5.77. The average Bonchev–Trinajstić information content (AvgIpc) is 2.78. The molecule has 1 aliphatic rings. The van der Waals surface area contributed by atoms with Crippen LogP contribution in [0.5, 0.6) is 0 Å². The number of nitrogens with zero attached hydrogens (tertiary/aromatic N) is 3. The third kappa shape index (κ3) is 2.74. The SMILES string of the molecule is CNc1ccc(Nc2ncnc3sc4c(c23)CCCCC4)cn1. The molecule has 2 N–H and O–H groups in total. The van der Waals surface area contributed by atoms with Crippen LogP contribution in [0.25, 0.3) is 10.2 Å². The summed E-state index contributed by atoms with van der Waals surface area (Å²) in [6, 6.07) is 3.96. The summed E-state index contributed by atoms with van der Waals surface area (Å²) in [7, 11) is 1.87. The van der Waals surface area contributed by atoms with E-state index >= 15 is 0 Å². The van der Waals surface area contributed by atoms with Gasteiger partial charge in [-0.2, -0.15) is 0 Å². The quantitative estimate of drug-likeness (QED) is 0.709. The Bertz CT molecular complexity index is 825. The second kappa shape index (κ2) is 6.12. The van der Waals surface area contributed by atoms with Crippen molar-refractivity contribution in [1.82, 2.24) is 15.0 Å². The largest absolute Gasteiger partial charge is 0.373 e. The summed E-state index contributed by atoms with van der Waals surface area (Å²) in [5.41, 5.74) is 2.39. The van der Waals surface area contributed by atoms with Crippen molar-refractivity contribution in [2.75, 3.05) is 17.7 Å². The summed E-state index contributed by atoms with van der Waals surface area (Å²) in [6.45, 7) is 0. The molecule has 4 rings (SSSR count). The first kappa shape index (κ1) is 14.4. The number of nitrogens with one attached hydrogen (secondary N) is 2. The standard InChI is InChI=1S/C17H19N5S/c1-18-14-8-7-11(9-19-14)22-16-15-12-5-3-2-4-6-13(12)23-17(15)21-10-20-16/h7-10H,2-6H2,1H3,(H,18,19)(H,20,21,22). The molecule has 1 aliphatic carbocycles. The Balaban J connectivity index is 1.75. The number of hydrogen-bond donors (Lipinski definition) is 2. The molecule has 118 valence electrons. The van der Waals surface area contributed by atoms with Gasteiger partial charge in [0.05, 0.1) is 17.3 Å². The fourth-order valence-corrected chi connectivity index (χ4v) is 4.34. The number of aryl methyl sites for hydroxylation is 2. The second-order valence-corrected chi connectivity index (χ2v) is 6.86. The molecule has 0 fully saturated rings. The van der Waals surface area contributed by atoms with Crippen LogP contribution in [0.1, 0.15) is 29.7 Å². The molecule has 0 bridgehead atoms. The lowest BCUT2D eigenvalue weighted by Gasteiger charge is -2.08. The van der Waals surface area contributed by atoms with E-state index in [-0.39, 0.29) is 0 Å². The zero-order valence-corrected chi connectivity index (χ0v) is 13.9. The van der Waals surface area contributed by atoms with Crippen molar-refractivity contribution in [3.05, 3.63) is 35.1 Å². The van der Waals surface area contributed by atoms with Gasteiger partial charge in [-0.1, -0.05) is 6.42 Å². The minimum absolute atomic E-state index is 0.854. The van der Waals surface area contributed by atoms with Crippen LogP contribution >= 0.6 is 11.3 Å². The van der Waals surface area contributed by atoms with Crippen LogP contribution in [-0.4, -0.2) is 22.0 Å². The fraction of sp³-hybridized carbons (Fsp3) is 0.353. The molecule has 23 heavy (non-hydrogen) atoms. The van der Waals surface area contributed by atoms with Crippen molar-refractivity contribution in [1.29, 1.82) is 0 Å². The maximum atomic E-state index is 4.50. The van der Waals surface area contributed by atoms with Gasteiger partial charge in [0, 0.05) is 11.9 Å². The monoisotopic (exact) mass is 325 g/mol. The number of hydrogen-bond acceptors (Lipinski definition) is 6. The van der Waals surface area contributed by atoms with Crippen LogP contribution in [0.2, 0.25) is 0 Å². The maximum absolute atomic E-state index is 4.50. The van der Waals surface area contributed by atoms with Gasteiger partial charge in [-0.05, 0) is 43.4 Å². The van der Waals surface area contributed by atoms with Crippen molar-refractivity contribution in [3.8, 4) is 0 Å². The van der Waals surface area contributed by atoms with Gasteiger partial charge in [-0.15, -0.1) is 11.3 Å². The number of aromatic nitrogens is 3. The molecule has 0 saturated carbocycles. The van der Waals surface area contributed by atoms with Gasteiger partial charge in [-0.25, -0.2) is 15.0 Å². The number of rotatable bonds is 3. The van der Waals surface area contributed by atoms with E-state index < -0.39 is 0 Å². The fourth-order valence-electron chi connectivity index (χ4n) is 3.11. The molecule has 0 spiro atoms. The molecular weight excluding hydrogens is 306 g/mol. The van der Waals surface area contributed by atoms with Gasteiger partial charge in [0.25, 0.3) is 0 Å². The van der Waals surface area contributed by atoms with Gasteiger partial charge in [0.1, 0.15) is 22.8 Å². The first-order valence-corrected chi connectivity index (χ1v) is 8.83. The lowest BCUT2D eigenvalue weighted by atomic mass is 10.1. The van der Waals surface area contributed by atoms with Crippen LogP contribution in [0.4, 0.5) is 17.3 Å². The summed E-state index contributed by atoms with van der Waals surface area (Å²) in [6.07, 6.45) is 9.63. The molecule has 0 atom stereocenters. The lowest BCUT2D eigenvalue weighted by Crippen LogP contribution is -1.98. The van der Waals surface area contributed by atoms with Crippen LogP contribution in [0.3, 0.4) is 0 Å². The molecule has 3 aromatic rings. The van der Waals surface area contributed by atoms with Crippen molar-refractivity contribution < 1.29 is 0 Å². The number of anilines is 3. The lowest BCUT2D eigenvalue weighted by molar-refractivity contribution is 0.713. The highest BCUT2D eigenvalue weighted by Crippen LogP contribution is 2.38. The van der Waals surface area contributed by atoms with Gasteiger partial charge < -0.3 is 10.6 Å². The summed E-state index contributed by atoms with van der Waals surface area (Å²) in [5, 5.41) is 7.65. The van der Waals surface area contributed by atoms with Crippen LogP contribution < -0.4 is 10.6 Å². The van der Waals surface area contributed by atoms with Crippen LogP contribution in [-0.2, 0) is 12.8 Å². The smallest absolute Gasteiger partial charge is 0.142 e. The summed E-state index contributed by atoms with van der Waals surface area (Å²) >= 11 is 1.83. The molecule has 6 heteroatoms. The van der Waals surface area contributed by atoms with E-state index in [0.29, 0.717) is 0 Å². The Kier molecular flexibility index (Phi) is 3.83. The summed E-state index contributed by atoms with van der Waals surface area (Å²) in [4.78, 5) is 15.9. The predicted molar refractivity (Wildman–Crippen MR) is 95.7 cm³/mol. The summed E-state index contributed by atoms with van der Waals surface area (Å²) < 4.78 is 0. The van der Waals surface area contributed by atoms with E-state index in [2.05, 4.69) is 25.6 Å². The molecule has 0 radical (unpaired) electrons. The number of thiophene rings is 1. The Labute approximate surface area is 139 Å². The zero-order chi connectivity index (χ0) is 15.6. The molecule has 3 heterocycles. The third-order valence-corrected chi connectivity index (χ3v) is 5.48. The normalized spacial score (nSPS) is 14.3. The van der Waals surface area contributed by atoms with Crippen molar-refractivity contribution in [2.24, 2.45) is 0 Å². The molecule has 0 aromatic carbocycles. The Morgan fingerprint density at radius 2 is 1.96 bits per heavy atom. The van der Waals surface area contributed by atoms with Crippen LogP contribution in [0.15, 0.2) is 24.7 Å². The Morgan fingerprint density at radius 3 is 2.78 bits per heavy atom.